The molecule has 92 valence electrons. The van der Waals surface area contributed by atoms with Crippen molar-refractivity contribution >= 4 is 17.7 Å². The summed E-state index contributed by atoms with van der Waals surface area (Å²) in [5, 5.41) is 9.20. The van der Waals surface area contributed by atoms with Crippen molar-refractivity contribution in [2.75, 3.05) is 0 Å². The fourth-order valence-electron chi connectivity index (χ4n) is 1.23. The lowest BCUT2D eigenvalue weighted by Gasteiger charge is -2.02. The number of carboxylic acids is 1. The molecule has 2 aromatic rings. The van der Waals surface area contributed by atoms with Gasteiger partial charge in [0.1, 0.15) is 5.03 Å². The molecule has 0 aliphatic carbocycles. The van der Waals surface area contributed by atoms with E-state index in [-0.39, 0.29) is 5.56 Å². The van der Waals surface area contributed by atoms with Gasteiger partial charge in [-0.3, -0.25) is 0 Å². The van der Waals surface area contributed by atoms with Crippen molar-refractivity contribution in [2.45, 2.75) is 9.92 Å². The van der Waals surface area contributed by atoms with Crippen molar-refractivity contribution < 1.29 is 18.7 Å². The lowest BCUT2D eigenvalue weighted by molar-refractivity contribution is 0.0696. The number of halogens is 2. The molecule has 1 aromatic heterocycles. The van der Waals surface area contributed by atoms with Crippen LogP contribution in [0.15, 0.2) is 46.5 Å². The summed E-state index contributed by atoms with van der Waals surface area (Å²) in [6.45, 7) is 0. The minimum absolute atomic E-state index is 0.0737. The molecule has 1 heterocycles. The minimum Gasteiger partial charge on any atom is -0.478 e. The molecule has 3 nitrogen and oxygen atoms in total. The highest BCUT2D eigenvalue weighted by atomic mass is 32.2. The highest BCUT2D eigenvalue weighted by molar-refractivity contribution is 7.99. The SMILES string of the molecule is O=C(O)c1ccc(Sc2ccc(F)c(F)c2)nc1. The van der Waals surface area contributed by atoms with Gasteiger partial charge in [-0.15, -0.1) is 0 Å². The summed E-state index contributed by atoms with van der Waals surface area (Å²) in [5.41, 5.74) is 0.0737. The standard InChI is InChI=1S/C12H7F2NO2S/c13-9-3-2-8(5-10(9)14)18-11-4-1-7(6-15-11)12(16)17/h1-6H,(H,16,17). The van der Waals surface area contributed by atoms with Crippen molar-refractivity contribution in [3.63, 3.8) is 0 Å². The summed E-state index contributed by atoms with van der Waals surface area (Å²) in [4.78, 5) is 15.0. The van der Waals surface area contributed by atoms with Crippen LogP contribution in [0.4, 0.5) is 8.78 Å². The number of pyridine rings is 1. The topological polar surface area (TPSA) is 50.2 Å². The molecule has 0 aliphatic heterocycles. The number of hydrogen-bond acceptors (Lipinski definition) is 3. The van der Waals surface area contributed by atoms with Crippen LogP contribution < -0.4 is 0 Å². The molecule has 6 heteroatoms. The molecular formula is C12H7F2NO2S. The number of aromatic carboxylic acids is 1. The zero-order valence-corrected chi connectivity index (χ0v) is 9.75. The zero-order valence-electron chi connectivity index (χ0n) is 8.93. The molecule has 0 atom stereocenters. The van der Waals surface area contributed by atoms with Crippen LogP contribution in [-0.2, 0) is 0 Å². The summed E-state index contributed by atoms with van der Waals surface area (Å²) >= 11 is 1.12. The third-order valence-corrected chi connectivity index (χ3v) is 3.04. The van der Waals surface area contributed by atoms with Crippen LogP contribution in [0.5, 0.6) is 0 Å². The number of aromatic nitrogens is 1. The monoisotopic (exact) mass is 267 g/mol. The molecule has 1 N–H and O–H groups in total. The van der Waals surface area contributed by atoms with Crippen molar-refractivity contribution in [3.8, 4) is 0 Å². The van der Waals surface area contributed by atoms with E-state index >= 15 is 0 Å². The molecule has 0 amide bonds. The van der Waals surface area contributed by atoms with E-state index in [9.17, 15) is 13.6 Å². The van der Waals surface area contributed by atoms with E-state index < -0.39 is 17.6 Å². The first-order valence-corrected chi connectivity index (χ1v) is 5.70. The molecule has 0 unspecified atom stereocenters. The lowest BCUT2D eigenvalue weighted by atomic mass is 10.3. The van der Waals surface area contributed by atoms with Crippen LogP contribution >= 0.6 is 11.8 Å². The van der Waals surface area contributed by atoms with E-state index in [1.165, 1.54) is 24.4 Å². The number of carbonyl (C=O) groups is 1. The van der Waals surface area contributed by atoms with Gasteiger partial charge >= 0.3 is 5.97 Å². The molecule has 1 aromatic carbocycles. The van der Waals surface area contributed by atoms with Gasteiger partial charge in [-0.2, -0.15) is 0 Å². The Morgan fingerprint density at radius 2 is 1.94 bits per heavy atom. The van der Waals surface area contributed by atoms with Gasteiger partial charge < -0.3 is 5.11 Å². The fraction of sp³-hybridized carbons (Fsp3) is 0. The predicted molar refractivity (Wildman–Crippen MR) is 61.7 cm³/mol. The molecule has 0 saturated heterocycles. The second-order valence-corrected chi connectivity index (χ2v) is 4.46. The highest BCUT2D eigenvalue weighted by Crippen LogP contribution is 2.27. The first-order valence-electron chi connectivity index (χ1n) is 4.88. The van der Waals surface area contributed by atoms with E-state index in [2.05, 4.69) is 4.98 Å². The Labute approximate surface area is 105 Å². The van der Waals surface area contributed by atoms with Crippen LogP contribution in [0.3, 0.4) is 0 Å². The van der Waals surface area contributed by atoms with Crippen molar-refractivity contribution in [3.05, 3.63) is 53.7 Å². The van der Waals surface area contributed by atoms with Gasteiger partial charge in [0, 0.05) is 11.1 Å². The third kappa shape index (κ3) is 2.84. The van der Waals surface area contributed by atoms with Gasteiger partial charge in [0.15, 0.2) is 11.6 Å². The van der Waals surface area contributed by atoms with E-state index in [0.29, 0.717) is 9.92 Å². The first kappa shape index (κ1) is 12.5. The summed E-state index contributed by atoms with van der Waals surface area (Å²) in [6.07, 6.45) is 1.21. The quantitative estimate of drug-likeness (QED) is 0.927. The Hall–Kier alpha value is -1.95. The van der Waals surface area contributed by atoms with Gasteiger partial charge in [0.25, 0.3) is 0 Å². The summed E-state index contributed by atoms with van der Waals surface area (Å²) in [5.74, 6) is -2.90. The van der Waals surface area contributed by atoms with E-state index in [4.69, 9.17) is 5.11 Å². The number of nitrogens with zero attached hydrogens (tertiary/aromatic N) is 1. The molecule has 0 bridgehead atoms. The average molecular weight is 267 g/mol. The third-order valence-electron chi connectivity index (χ3n) is 2.10. The summed E-state index contributed by atoms with van der Waals surface area (Å²) < 4.78 is 25.7. The van der Waals surface area contributed by atoms with E-state index in [0.717, 1.165) is 23.9 Å². The Kier molecular flexibility index (Phi) is 3.57. The average Bonchev–Trinajstić information content (AvgIpc) is 2.34. The number of benzene rings is 1. The van der Waals surface area contributed by atoms with Gasteiger partial charge in [-0.1, -0.05) is 11.8 Å². The molecule has 18 heavy (non-hydrogen) atoms. The largest absolute Gasteiger partial charge is 0.478 e. The maximum Gasteiger partial charge on any atom is 0.337 e. The van der Waals surface area contributed by atoms with Gasteiger partial charge in [0.2, 0.25) is 0 Å². The van der Waals surface area contributed by atoms with Gasteiger partial charge in [0.05, 0.1) is 5.56 Å². The maximum atomic E-state index is 13.0. The second kappa shape index (κ2) is 5.14. The van der Waals surface area contributed by atoms with Crippen molar-refractivity contribution in [1.82, 2.24) is 4.98 Å². The molecule has 0 radical (unpaired) electrons. The second-order valence-electron chi connectivity index (χ2n) is 3.37. The van der Waals surface area contributed by atoms with Crippen LogP contribution in [0.25, 0.3) is 0 Å². The summed E-state index contributed by atoms with van der Waals surface area (Å²) in [6, 6.07) is 6.43. The molecular weight excluding hydrogens is 260 g/mol. The lowest BCUT2D eigenvalue weighted by Crippen LogP contribution is -1.96. The van der Waals surface area contributed by atoms with Gasteiger partial charge in [-0.25, -0.2) is 18.6 Å². The Bertz CT molecular complexity index is 587. The number of carboxylic acid groups (broad SMARTS) is 1. The number of hydrogen-bond donors (Lipinski definition) is 1. The van der Waals surface area contributed by atoms with Crippen LogP contribution in [0, 0.1) is 11.6 Å². The van der Waals surface area contributed by atoms with Gasteiger partial charge in [-0.05, 0) is 30.3 Å². The number of rotatable bonds is 3. The Balaban J connectivity index is 2.18. The normalized spacial score (nSPS) is 10.3. The van der Waals surface area contributed by atoms with Crippen molar-refractivity contribution in [2.24, 2.45) is 0 Å². The minimum atomic E-state index is -1.06. The molecule has 0 aliphatic rings. The van der Waals surface area contributed by atoms with E-state index in [1.807, 2.05) is 0 Å². The van der Waals surface area contributed by atoms with Crippen LogP contribution in [-0.4, -0.2) is 16.1 Å². The smallest absolute Gasteiger partial charge is 0.337 e. The molecule has 2 rings (SSSR count). The molecule has 0 fully saturated rings. The highest BCUT2D eigenvalue weighted by Gasteiger charge is 2.06. The summed E-state index contributed by atoms with van der Waals surface area (Å²) in [7, 11) is 0. The zero-order chi connectivity index (χ0) is 13.1. The predicted octanol–water partition coefficient (Wildman–Crippen LogP) is 3.21. The van der Waals surface area contributed by atoms with Crippen molar-refractivity contribution in [1.29, 1.82) is 0 Å². The van der Waals surface area contributed by atoms with Crippen LogP contribution in [0.2, 0.25) is 0 Å². The molecule has 0 saturated carbocycles. The fourth-order valence-corrected chi connectivity index (χ4v) is 2.01. The Morgan fingerprint density at radius 1 is 1.17 bits per heavy atom. The van der Waals surface area contributed by atoms with Crippen LogP contribution in [0.1, 0.15) is 10.4 Å². The Morgan fingerprint density at radius 3 is 2.50 bits per heavy atom. The first-order chi connectivity index (χ1) is 8.56. The molecule has 0 spiro atoms. The maximum absolute atomic E-state index is 13.0. The van der Waals surface area contributed by atoms with E-state index in [1.54, 1.807) is 0 Å².